The SMILES string of the molecule is CC(C)C1NNC(C2CCC(NC(=O)CC3CCCCC3C(=O)O)CC2)N1. The second-order valence-corrected chi connectivity index (χ2v) is 9.03. The van der Waals surface area contributed by atoms with Gasteiger partial charge in [-0.05, 0) is 56.3 Å². The summed E-state index contributed by atoms with van der Waals surface area (Å²) in [6.07, 6.45) is 8.72. The molecule has 7 nitrogen and oxygen atoms in total. The maximum Gasteiger partial charge on any atom is 0.306 e. The predicted octanol–water partition coefficient (Wildman–Crippen LogP) is 1.95. The van der Waals surface area contributed by atoms with Crippen LogP contribution >= 0.6 is 0 Å². The van der Waals surface area contributed by atoms with E-state index in [0.29, 0.717) is 37.0 Å². The van der Waals surface area contributed by atoms with Crippen LogP contribution in [-0.4, -0.2) is 35.4 Å². The van der Waals surface area contributed by atoms with E-state index in [1.165, 1.54) is 0 Å². The third-order valence-corrected chi connectivity index (χ3v) is 6.70. The lowest BCUT2D eigenvalue weighted by molar-refractivity contribution is -0.145. The molecule has 0 aromatic carbocycles. The first-order valence-corrected chi connectivity index (χ1v) is 10.7. The van der Waals surface area contributed by atoms with Gasteiger partial charge in [0.1, 0.15) is 0 Å². The van der Waals surface area contributed by atoms with Gasteiger partial charge < -0.3 is 10.4 Å². The fourth-order valence-electron chi connectivity index (χ4n) is 4.97. The number of carbonyl (C=O) groups is 2. The third-order valence-electron chi connectivity index (χ3n) is 6.70. The van der Waals surface area contributed by atoms with E-state index in [1.54, 1.807) is 0 Å². The van der Waals surface area contributed by atoms with Crippen molar-refractivity contribution in [1.82, 2.24) is 21.5 Å². The Hall–Kier alpha value is -1.18. The number of amides is 1. The monoisotopic (exact) mass is 380 g/mol. The molecule has 0 bridgehead atoms. The van der Waals surface area contributed by atoms with Gasteiger partial charge in [-0.2, -0.15) is 0 Å². The van der Waals surface area contributed by atoms with Crippen LogP contribution in [-0.2, 0) is 9.59 Å². The standard InChI is InChI=1S/C20H36N4O3/c1-12(2)18-22-19(24-23-18)13-7-9-15(10-8-13)21-17(25)11-14-5-3-4-6-16(14)20(26)27/h12-16,18-19,22-24H,3-11H2,1-2H3,(H,21,25)(H,26,27). The summed E-state index contributed by atoms with van der Waals surface area (Å²) in [6.45, 7) is 4.39. The number of hydrazine groups is 1. The lowest BCUT2D eigenvalue weighted by Crippen LogP contribution is -2.46. The van der Waals surface area contributed by atoms with Crippen molar-refractivity contribution in [2.24, 2.45) is 23.7 Å². The zero-order valence-corrected chi connectivity index (χ0v) is 16.7. The van der Waals surface area contributed by atoms with Crippen molar-refractivity contribution in [3.8, 4) is 0 Å². The third kappa shape index (κ3) is 5.42. The summed E-state index contributed by atoms with van der Waals surface area (Å²) < 4.78 is 0. The van der Waals surface area contributed by atoms with Gasteiger partial charge in [0.05, 0.1) is 18.2 Å². The molecule has 0 spiro atoms. The number of hydrogen-bond donors (Lipinski definition) is 5. The second kappa shape index (κ2) is 9.34. The minimum Gasteiger partial charge on any atom is -0.481 e. The van der Waals surface area contributed by atoms with Crippen LogP contribution in [0.5, 0.6) is 0 Å². The normalized spacial score (nSPS) is 37.3. The van der Waals surface area contributed by atoms with Crippen molar-refractivity contribution in [2.75, 3.05) is 0 Å². The molecule has 0 radical (unpaired) electrons. The Labute approximate surface area is 162 Å². The summed E-state index contributed by atoms with van der Waals surface area (Å²) in [6, 6.07) is 0.232. The van der Waals surface area contributed by atoms with Gasteiger partial charge in [0.15, 0.2) is 0 Å². The van der Waals surface area contributed by atoms with Gasteiger partial charge >= 0.3 is 5.97 Å². The van der Waals surface area contributed by atoms with E-state index in [1.807, 2.05) is 0 Å². The molecule has 5 N–H and O–H groups in total. The average molecular weight is 381 g/mol. The molecule has 27 heavy (non-hydrogen) atoms. The van der Waals surface area contributed by atoms with Crippen molar-refractivity contribution in [1.29, 1.82) is 0 Å². The highest BCUT2D eigenvalue weighted by Crippen LogP contribution is 2.33. The summed E-state index contributed by atoms with van der Waals surface area (Å²) in [4.78, 5) is 23.9. The van der Waals surface area contributed by atoms with Crippen molar-refractivity contribution in [3.63, 3.8) is 0 Å². The van der Waals surface area contributed by atoms with Gasteiger partial charge in [0.25, 0.3) is 0 Å². The lowest BCUT2D eigenvalue weighted by atomic mass is 9.77. The molecule has 1 aliphatic heterocycles. The Morgan fingerprint density at radius 2 is 1.74 bits per heavy atom. The highest BCUT2D eigenvalue weighted by molar-refractivity contribution is 5.78. The maximum absolute atomic E-state index is 12.5. The molecule has 0 aromatic heterocycles. The molecule has 1 heterocycles. The van der Waals surface area contributed by atoms with E-state index >= 15 is 0 Å². The highest BCUT2D eigenvalue weighted by atomic mass is 16.4. The van der Waals surface area contributed by atoms with E-state index < -0.39 is 5.97 Å². The van der Waals surface area contributed by atoms with Crippen molar-refractivity contribution in [3.05, 3.63) is 0 Å². The Morgan fingerprint density at radius 1 is 1.04 bits per heavy atom. The molecule has 4 atom stereocenters. The highest BCUT2D eigenvalue weighted by Gasteiger charge is 2.35. The molecule has 1 amide bonds. The molecule has 2 aliphatic carbocycles. The molecule has 0 aromatic rings. The van der Waals surface area contributed by atoms with Gasteiger partial charge in [0, 0.05) is 12.5 Å². The number of rotatable bonds is 6. The quantitative estimate of drug-likeness (QED) is 0.483. The van der Waals surface area contributed by atoms with Gasteiger partial charge in [-0.3, -0.25) is 14.9 Å². The fourth-order valence-corrected chi connectivity index (χ4v) is 4.97. The van der Waals surface area contributed by atoms with E-state index in [9.17, 15) is 14.7 Å². The summed E-state index contributed by atoms with van der Waals surface area (Å²) in [5.41, 5.74) is 6.71. The van der Waals surface area contributed by atoms with Crippen LogP contribution in [0.25, 0.3) is 0 Å². The number of carbonyl (C=O) groups excluding carboxylic acids is 1. The smallest absolute Gasteiger partial charge is 0.306 e. The summed E-state index contributed by atoms with van der Waals surface area (Å²) in [7, 11) is 0. The summed E-state index contributed by atoms with van der Waals surface area (Å²) in [5.74, 6) is 0.0597. The van der Waals surface area contributed by atoms with Crippen molar-refractivity contribution < 1.29 is 14.7 Å². The number of hydrogen-bond acceptors (Lipinski definition) is 5. The molecule has 2 saturated carbocycles. The van der Waals surface area contributed by atoms with Crippen molar-refractivity contribution >= 4 is 11.9 Å². The largest absolute Gasteiger partial charge is 0.481 e. The van der Waals surface area contributed by atoms with E-state index in [-0.39, 0.29) is 23.8 Å². The first-order chi connectivity index (χ1) is 12.9. The Kier molecular flexibility index (Phi) is 7.11. The fraction of sp³-hybridized carbons (Fsp3) is 0.900. The van der Waals surface area contributed by atoms with Crippen LogP contribution < -0.4 is 21.5 Å². The zero-order valence-electron chi connectivity index (χ0n) is 16.7. The van der Waals surface area contributed by atoms with Crippen LogP contribution in [0.4, 0.5) is 0 Å². The molecule has 154 valence electrons. The maximum atomic E-state index is 12.5. The Bertz CT molecular complexity index is 519. The van der Waals surface area contributed by atoms with Gasteiger partial charge in [-0.15, -0.1) is 0 Å². The Balaban J connectivity index is 1.40. The van der Waals surface area contributed by atoms with Crippen LogP contribution in [0.3, 0.4) is 0 Å². The first kappa shape index (κ1) is 20.6. The number of carboxylic acids is 1. The minimum absolute atomic E-state index is 0.00137. The van der Waals surface area contributed by atoms with Gasteiger partial charge in [-0.25, -0.2) is 10.9 Å². The molecule has 3 aliphatic rings. The van der Waals surface area contributed by atoms with Crippen LogP contribution in [0.15, 0.2) is 0 Å². The molecule has 3 rings (SSSR count). The van der Waals surface area contributed by atoms with Crippen LogP contribution in [0.2, 0.25) is 0 Å². The van der Waals surface area contributed by atoms with Crippen LogP contribution in [0.1, 0.15) is 71.6 Å². The Morgan fingerprint density at radius 3 is 2.37 bits per heavy atom. The number of aliphatic carboxylic acids is 1. The average Bonchev–Trinajstić information content (AvgIpc) is 3.13. The van der Waals surface area contributed by atoms with Crippen molar-refractivity contribution in [2.45, 2.75) is 90.0 Å². The summed E-state index contributed by atoms with van der Waals surface area (Å²) in [5, 5.41) is 16.2. The molecule has 1 saturated heterocycles. The molecule has 3 fully saturated rings. The molecular weight excluding hydrogens is 344 g/mol. The van der Waals surface area contributed by atoms with Crippen LogP contribution in [0, 0.1) is 23.7 Å². The van der Waals surface area contributed by atoms with E-state index in [0.717, 1.165) is 44.9 Å². The van der Waals surface area contributed by atoms with Gasteiger partial charge in [0.2, 0.25) is 5.91 Å². The number of carboxylic acid groups (broad SMARTS) is 1. The first-order valence-electron chi connectivity index (χ1n) is 10.7. The summed E-state index contributed by atoms with van der Waals surface area (Å²) >= 11 is 0. The second-order valence-electron chi connectivity index (χ2n) is 9.03. The van der Waals surface area contributed by atoms with Gasteiger partial charge in [-0.1, -0.05) is 26.7 Å². The molecule has 7 heteroatoms. The predicted molar refractivity (Wildman–Crippen MR) is 103 cm³/mol. The lowest BCUT2D eigenvalue weighted by Gasteiger charge is -2.33. The van der Waals surface area contributed by atoms with E-state index in [4.69, 9.17) is 0 Å². The minimum atomic E-state index is -0.738. The molecule has 4 unspecified atom stereocenters. The zero-order chi connectivity index (χ0) is 19.4. The van der Waals surface area contributed by atoms with E-state index in [2.05, 4.69) is 35.3 Å². The molecular formula is C20H36N4O3. The topological polar surface area (TPSA) is 102 Å². The number of nitrogens with one attached hydrogen (secondary N) is 4.